The van der Waals surface area contributed by atoms with Crippen LogP contribution in [0.4, 0.5) is 0 Å². The lowest BCUT2D eigenvalue weighted by atomic mass is 9.96. The van der Waals surface area contributed by atoms with Gasteiger partial charge in [0.1, 0.15) is 6.54 Å². The molecule has 1 unspecified atom stereocenters. The van der Waals surface area contributed by atoms with Gasteiger partial charge < -0.3 is 10.1 Å². The minimum Gasteiger partial charge on any atom is -0.388 e. The third kappa shape index (κ3) is 8.42. The number of H-pyrrole nitrogens is 1. The third-order valence-corrected chi connectivity index (χ3v) is 8.46. The van der Waals surface area contributed by atoms with E-state index in [0.29, 0.717) is 6.42 Å². The number of aromatic amines is 1. The average molecular weight is 528 g/mol. The number of fused-ring (bicyclic) bond motifs is 2. The number of unbranched alkanes of at least 4 members (excludes halogenated alkanes) is 13. The number of nitrogens with one attached hydrogen (secondary N) is 1. The highest BCUT2D eigenvalue weighted by atomic mass is 16.3. The second kappa shape index (κ2) is 15.8. The van der Waals surface area contributed by atoms with Gasteiger partial charge in [0.2, 0.25) is 5.52 Å². The average Bonchev–Trinajstić information content (AvgIpc) is 3.30. The first-order chi connectivity index (χ1) is 19.2. The Hall–Kier alpha value is -2.65. The fourth-order valence-electron chi connectivity index (χ4n) is 6.23. The SMILES string of the molecule is CCCCCCCCCCCCCCCC[n+]1ccc(CC(O)c2c(C)[nH]c3ccccc23)c2ccccc21. The number of pyridine rings is 1. The van der Waals surface area contributed by atoms with E-state index in [1.54, 1.807) is 0 Å². The molecule has 0 aliphatic carbocycles. The molecular formula is C36H51N2O+. The summed E-state index contributed by atoms with van der Waals surface area (Å²) in [4.78, 5) is 3.44. The van der Waals surface area contributed by atoms with E-state index in [1.165, 1.54) is 106 Å². The Morgan fingerprint density at radius 1 is 0.692 bits per heavy atom. The van der Waals surface area contributed by atoms with Gasteiger partial charge in [-0.1, -0.05) is 114 Å². The molecule has 0 radical (unpaired) electrons. The van der Waals surface area contributed by atoms with E-state index in [9.17, 15) is 5.11 Å². The first-order valence-electron chi connectivity index (χ1n) is 15.8. The molecule has 0 amide bonds. The second-order valence-corrected chi connectivity index (χ2v) is 11.6. The molecule has 2 aromatic heterocycles. The summed E-state index contributed by atoms with van der Waals surface area (Å²) in [6, 6.07) is 19.2. The van der Waals surface area contributed by atoms with Crippen LogP contribution in [0.3, 0.4) is 0 Å². The van der Waals surface area contributed by atoms with Gasteiger partial charge in [0.05, 0.1) is 6.10 Å². The predicted molar refractivity (Wildman–Crippen MR) is 166 cm³/mol. The quantitative estimate of drug-likeness (QED) is 0.0981. The summed E-state index contributed by atoms with van der Waals surface area (Å²) in [5, 5.41) is 13.7. The third-order valence-electron chi connectivity index (χ3n) is 8.46. The molecule has 0 fully saturated rings. The van der Waals surface area contributed by atoms with Crippen LogP contribution in [-0.4, -0.2) is 10.1 Å². The molecule has 2 heterocycles. The van der Waals surface area contributed by atoms with E-state index in [4.69, 9.17) is 0 Å². The molecule has 0 saturated carbocycles. The number of aromatic nitrogens is 2. The van der Waals surface area contributed by atoms with Crippen LogP contribution in [0.1, 0.15) is 120 Å². The second-order valence-electron chi connectivity index (χ2n) is 11.6. The van der Waals surface area contributed by atoms with Crippen LogP contribution in [0.2, 0.25) is 0 Å². The van der Waals surface area contributed by atoms with Gasteiger partial charge in [-0.15, -0.1) is 0 Å². The highest BCUT2D eigenvalue weighted by molar-refractivity contribution is 5.85. The maximum absolute atomic E-state index is 11.3. The number of hydrogen-bond acceptors (Lipinski definition) is 1. The predicted octanol–water partition coefficient (Wildman–Crippen LogP) is 9.67. The monoisotopic (exact) mass is 527 g/mol. The minimum absolute atomic E-state index is 0.536. The number of benzene rings is 2. The molecule has 0 spiro atoms. The molecule has 0 saturated heterocycles. The summed E-state index contributed by atoms with van der Waals surface area (Å²) in [7, 11) is 0. The van der Waals surface area contributed by atoms with Gasteiger partial charge in [-0.3, -0.25) is 0 Å². The van der Waals surface area contributed by atoms with Gasteiger partial charge in [-0.25, -0.2) is 0 Å². The lowest BCUT2D eigenvalue weighted by molar-refractivity contribution is -0.671. The van der Waals surface area contributed by atoms with Gasteiger partial charge >= 0.3 is 0 Å². The van der Waals surface area contributed by atoms with Crippen molar-refractivity contribution in [3.05, 3.63) is 77.6 Å². The highest BCUT2D eigenvalue weighted by Gasteiger charge is 2.20. The van der Waals surface area contributed by atoms with Crippen LogP contribution in [0, 0.1) is 6.92 Å². The molecule has 1 atom stereocenters. The maximum Gasteiger partial charge on any atom is 0.212 e. The highest BCUT2D eigenvalue weighted by Crippen LogP contribution is 2.31. The minimum atomic E-state index is -0.536. The molecule has 2 aromatic carbocycles. The van der Waals surface area contributed by atoms with Crippen LogP contribution in [0.15, 0.2) is 60.8 Å². The molecule has 4 aromatic rings. The van der Waals surface area contributed by atoms with Crippen molar-refractivity contribution in [1.29, 1.82) is 0 Å². The van der Waals surface area contributed by atoms with Gasteiger partial charge in [-0.2, -0.15) is 4.57 Å². The van der Waals surface area contributed by atoms with Crippen LogP contribution in [-0.2, 0) is 13.0 Å². The van der Waals surface area contributed by atoms with E-state index in [-0.39, 0.29) is 0 Å². The van der Waals surface area contributed by atoms with E-state index in [2.05, 4.69) is 72.1 Å². The zero-order valence-corrected chi connectivity index (χ0v) is 24.6. The zero-order chi connectivity index (χ0) is 27.3. The summed E-state index contributed by atoms with van der Waals surface area (Å²) in [6.45, 7) is 5.41. The van der Waals surface area contributed by atoms with Crippen molar-refractivity contribution in [3.63, 3.8) is 0 Å². The van der Waals surface area contributed by atoms with Crippen molar-refractivity contribution < 1.29 is 9.67 Å². The molecule has 4 rings (SSSR count). The maximum atomic E-state index is 11.3. The normalized spacial score (nSPS) is 12.5. The lowest BCUT2D eigenvalue weighted by Gasteiger charge is -2.13. The van der Waals surface area contributed by atoms with Crippen LogP contribution < -0.4 is 4.57 Å². The van der Waals surface area contributed by atoms with E-state index in [1.807, 2.05) is 12.1 Å². The molecule has 0 aliphatic heterocycles. The Morgan fingerprint density at radius 2 is 1.26 bits per heavy atom. The molecule has 39 heavy (non-hydrogen) atoms. The van der Waals surface area contributed by atoms with E-state index in [0.717, 1.165) is 28.7 Å². The zero-order valence-electron chi connectivity index (χ0n) is 24.6. The Bertz CT molecular complexity index is 1270. The van der Waals surface area contributed by atoms with Crippen LogP contribution >= 0.6 is 0 Å². The van der Waals surface area contributed by atoms with Gasteiger partial charge in [0.15, 0.2) is 6.20 Å². The number of rotatable bonds is 18. The number of aliphatic hydroxyl groups excluding tert-OH is 1. The van der Waals surface area contributed by atoms with Crippen molar-refractivity contribution in [2.45, 2.75) is 123 Å². The summed E-state index contributed by atoms with van der Waals surface area (Å²) < 4.78 is 2.41. The van der Waals surface area contributed by atoms with Crippen LogP contribution in [0.25, 0.3) is 21.8 Å². The number of nitrogens with zero attached hydrogens (tertiary/aromatic N) is 1. The topological polar surface area (TPSA) is 39.9 Å². The molecule has 0 bridgehead atoms. The van der Waals surface area contributed by atoms with Gasteiger partial charge in [0, 0.05) is 52.5 Å². The Kier molecular flexibility index (Phi) is 11.9. The largest absolute Gasteiger partial charge is 0.388 e. The van der Waals surface area contributed by atoms with Gasteiger partial charge in [-0.05, 0) is 31.0 Å². The number of aliphatic hydroxyl groups is 1. The molecule has 0 aliphatic rings. The van der Waals surface area contributed by atoms with Crippen molar-refractivity contribution in [3.8, 4) is 0 Å². The summed E-state index contributed by atoms with van der Waals surface area (Å²) in [5.41, 5.74) is 5.64. The molecule has 2 N–H and O–H groups in total. The van der Waals surface area contributed by atoms with Crippen molar-refractivity contribution in [2.75, 3.05) is 0 Å². The summed E-state index contributed by atoms with van der Waals surface area (Å²) >= 11 is 0. The molecule has 210 valence electrons. The lowest BCUT2D eigenvalue weighted by Crippen LogP contribution is -2.34. The van der Waals surface area contributed by atoms with Crippen LogP contribution in [0.5, 0.6) is 0 Å². The van der Waals surface area contributed by atoms with E-state index < -0.39 is 6.10 Å². The fraction of sp³-hybridized carbons (Fsp3) is 0.528. The number of para-hydroxylation sites is 2. The fourth-order valence-corrected chi connectivity index (χ4v) is 6.23. The Morgan fingerprint density at radius 3 is 1.92 bits per heavy atom. The smallest absolute Gasteiger partial charge is 0.212 e. The molecular weight excluding hydrogens is 476 g/mol. The van der Waals surface area contributed by atoms with Crippen molar-refractivity contribution in [2.24, 2.45) is 0 Å². The standard InChI is InChI=1S/C36H51N2O/c1-3-4-5-6-7-8-9-10-11-12-13-14-15-20-26-38-27-25-30(31-21-17-19-24-34(31)38)28-35(39)36-29(2)37-33-23-18-16-22-32(33)36/h16-19,21-25,27,35,37,39H,3-15,20,26,28H2,1-2H3/q+1. The number of hydrogen-bond donors (Lipinski definition) is 2. The van der Waals surface area contributed by atoms with Crippen molar-refractivity contribution in [1.82, 2.24) is 4.98 Å². The Balaban J connectivity index is 1.22. The van der Waals surface area contributed by atoms with Gasteiger partial charge in [0.25, 0.3) is 0 Å². The Labute approximate surface area is 236 Å². The van der Waals surface area contributed by atoms with Crippen molar-refractivity contribution >= 4 is 21.8 Å². The number of aryl methyl sites for hydroxylation is 2. The summed E-state index contributed by atoms with van der Waals surface area (Å²) in [5.74, 6) is 0. The first-order valence-corrected chi connectivity index (χ1v) is 15.8. The van der Waals surface area contributed by atoms with E-state index >= 15 is 0 Å². The molecule has 3 nitrogen and oxygen atoms in total. The first kappa shape index (κ1) is 29.3. The molecule has 3 heteroatoms. The summed E-state index contributed by atoms with van der Waals surface area (Å²) in [6.07, 6.45) is 21.8.